The summed E-state index contributed by atoms with van der Waals surface area (Å²) in [6.07, 6.45) is 2.35. The Bertz CT molecular complexity index is 1250. The summed E-state index contributed by atoms with van der Waals surface area (Å²) in [5.41, 5.74) is 12.3. The van der Waals surface area contributed by atoms with Gasteiger partial charge in [-0.15, -0.1) is 11.3 Å². The van der Waals surface area contributed by atoms with Crippen LogP contribution in [-0.4, -0.2) is 16.5 Å². The van der Waals surface area contributed by atoms with E-state index in [-0.39, 0.29) is 11.0 Å². The van der Waals surface area contributed by atoms with E-state index in [0.717, 1.165) is 43.5 Å². The first-order valence-corrected chi connectivity index (χ1v) is 10.1. The lowest BCUT2D eigenvalue weighted by Crippen LogP contribution is -2.19. The normalized spacial score (nSPS) is 15.5. The molecule has 0 amide bonds. The molecule has 27 heavy (non-hydrogen) atoms. The summed E-state index contributed by atoms with van der Waals surface area (Å²) in [5.74, 6) is 0. The second-order valence-electron chi connectivity index (χ2n) is 7.59. The predicted molar refractivity (Wildman–Crippen MR) is 113 cm³/mol. The van der Waals surface area contributed by atoms with Crippen molar-refractivity contribution >= 4 is 32.3 Å². The predicted octanol–water partition coefficient (Wildman–Crippen LogP) is 4.41. The Kier molecular flexibility index (Phi) is 3.55. The molecule has 0 bridgehead atoms. The molecule has 1 aliphatic rings. The van der Waals surface area contributed by atoms with Crippen molar-refractivity contribution in [1.82, 2.24) is 9.97 Å². The van der Waals surface area contributed by atoms with Crippen LogP contribution in [0.4, 0.5) is 0 Å². The molecule has 1 saturated carbocycles. The van der Waals surface area contributed by atoms with Crippen molar-refractivity contribution in [2.24, 2.45) is 5.73 Å². The van der Waals surface area contributed by atoms with E-state index in [4.69, 9.17) is 10.7 Å². The second-order valence-corrected chi connectivity index (χ2v) is 8.50. The quantitative estimate of drug-likeness (QED) is 0.557. The van der Waals surface area contributed by atoms with Crippen LogP contribution in [0.15, 0.2) is 40.5 Å². The van der Waals surface area contributed by atoms with Crippen LogP contribution in [0.3, 0.4) is 0 Å². The van der Waals surface area contributed by atoms with Gasteiger partial charge in [-0.2, -0.15) is 0 Å². The minimum atomic E-state index is -0.0406. The Hall–Kier alpha value is -2.50. The zero-order valence-corrected chi connectivity index (χ0v) is 16.2. The molecule has 3 aromatic heterocycles. The minimum Gasteiger partial charge on any atom is -0.330 e. The first-order chi connectivity index (χ1) is 13.0. The summed E-state index contributed by atoms with van der Waals surface area (Å²) in [6.45, 7) is 4.70. The van der Waals surface area contributed by atoms with Crippen molar-refractivity contribution in [3.63, 3.8) is 0 Å². The summed E-state index contributed by atoms with van der Waals surface area (Å²) in [5, 5.41) is 4.07. The standard InChI is InChI=1S/C22H21N3OS/c1-12-17(14-3-5-15(6-4-14)22(11-23)8-9-22)18-16-7-10-27-20(16)21(26)25-19(18)13(2)24-12/h3-7,10H,8-9,11,23H2,1-2H3,(H,25,26). The highest BCUT2D eigenvalue weighted by atomic mass is 32.1. The summed E-state index contributed by atoms with van der Waals surface area (Å²) in [4.78, 5) is 20.2. The Morgan fingerprint density at radius 2 is 1.89 bits per heavy atom. The van der Waals surface area contributed by atoms with Gasteiger partial charge >= 0.3 is 0 Å². The van der Waals surface area contributed by atoms with Gasteiger partial charge in [0.2, 0.25) is 0 Å². The van der Waals surface area contributed by atoms with Crippen LogP contribution in [0.5, 0.6) is 0 Å². The van der Waals surface area contributed by atoms with E-state index in [1.54, 1.807) is 0 Å². The molecular weight excluding hydrogens is 354 g/mol. The molecule has 0 aliphatic heterocycles. The third kappa shape index (κ3) is 2.38. The van der Waals surface area contributed by atoms with Gasteiger partial charge in [-0.1, -0.05) is 24.3 Å². The molecule has 1 aromatic carbocycles. The van der Waals surface area contributed by atoms with Crippen LogP contribution < -0.4 is 11.3 Å². The zero-order valence-electron chi connectivity index (χ0n) is 15.4. The maximum absolute atomic E-state index is 12.4. The van der Waals surface area contributed by atoms with E-state index in [1.807, 2.05) is 25.3 Å². The van der Waals surface area contributed by atoms with E-state index in [1.165, 1.54) is 29.7 Å². The first-order valence-electron chi connectivity index (χ1n) is 9.25. The number of H-pyrrole nitrogens is 1. The van der Waals surface area contributed by atoms with Crippen LogP contribution in [0.2, 0.25) is 0 Å². The molecule has 5 rings (SSSR count). The van der Waals surface area contributed by atoms with Crippen molar-refractivity contribution < 1.29 is 0 Å². The van der Waals surface area contributed by atoms with E-state index < -0.39 is 0 Å². The van der Waals surface area contributed by atoms with Crippen LogP contribution in [0.25, 0.3) is 32.1 Å². The highest BCUT2D eigenvalue weighted by molar-refractivity contribution is 7.17. The van der Waals surface area contributed by atoms with Gasteiger partial charge in [0, 0.05) is 34.0 Å². The van der Waals surface area contributed by atoms with Crippen LogP contribution in [0, 0.1) is 13.8 Å². The van der Waals surface area contributed by atoms with Crippen LogP contribution in [-0.2, 0) is 5.41 Å². The molecule has 0 unspecified atom stereocenters. The number of aromatic amines is 1. The Labute approximate surface area is 161 Å². The molecule has 4 aromatic rings. The summed E-state index contributed by atoms with van der Waals surface area (Å²) < 4.78 is 0.769. The SMILES string of the molecule is Cc1nc(C)c2[nH]c(=O)c3sccc3c2c1-c1ccc(C2(CN)CC2)cc1. The molecule has 0 radical (unpaired) electrons. The molecular formula is C22H21N3OS. The van der Waals surface area contributed by atoms with Crippen LogP contribution in [0.1, 0.15) is 29.8 Å². The fourth-order valence-electron chi connectivity index (χ4n) is 4.23. The number of benzene rings is 1. The van der Waals surface area contributed by atoms with Gasteiger partial charge in [0.25, 0.3) is 5.56 Å². The average Bonchev–Trinajstić information content (AvgIpc) is 3.31. The van der Waals surface area contributed by atoms with Crippen molar-refractivity contribution in [1.29, 1.82) is 0 Å². The van der Waals surface area contributed by atoms with Crippen molar-refractivity contribution in [3.8, 4) is 11.1 Å². The number of thiophene rings is 1. The van der Waals surface area contributed by atoms with E-state index in [2.05, 4.69) is 29.2 Å². The van der Waals surface area contributed by atoms with Gasteiger partial charge in [0.15, 0.2) is 0 Å². The van der Waals surface area contributed by atoms with Gasteiger partial charge in [0.1, 0.15) is 4.70 Å². The maximum Gasteiger partial charge on any atom is 0.266 e. The lowest BCUT2D eigenvalue weighted by atomic mass is 9.92. The number of pyridine rings is 2. The first kappa shape index (κ1) is 16.7. The second kappa shape index (κ2) is 5.75. The van der Waals surface area contributed by atoms with Gasteiger partial charge in [-0.25, -0.2) is 0 Å². The zero-order chi connectivity index (χ0) is 18.8. The smallest absolute Gasteiger partial charge is 0.266 e. The minimum absolute atomic E-state index is 0.0406. The third-order valence-electron chi connectivity index (χ3n) is 5.97. The summed E-state index contributed by atoms with van der Waals surface area (Å²) in [7, 11) is 0. The third-order valence-corrected chi connectivity index (χ3v) is 6.88. The van der Waals surface area contributed by atoms with Gasteiger partial charge in [0.05, 0.1) is 11.2 Å². The lowest BCUT2D eigenvalue weighted by Gasteiger charge is -2.16. The number of rotatable bonds is 3. The molecule has 5 heteroatoms. The van der Waals surface area contributed by atoms with Gasteiger partial charge < -0.3 is 10.7 Å². The Morgan fingerprint density at radius 3 is 2.56 bits per heavy atom. The highest BCUT2D eigenvalue weighted by Gasteiger charge is 2.42. The molecule has 0 spiro atoms. The van der Waals surface area contributed by atoms with Crippen molar-refractivity contribution in [2.45, 2.75) is 32.1 Å². The van der Waals surface area contributed by atoms with Gasteiger partial charge in [-0.3, -0.25) is 9.78 Å². The molecule has 136 valence electrons. The maximum atomic E-state index is 12.4. The van der Waals surface area contributed by atoms with Crippen molar-refractivity contribution in [2.75, 3.05) is 6.54 Å². The fraction of sp³-hybridized carbons (Fsp3) is 0.273. The summed E-state index contributed by atoms with van der Waals surface area (Å²) in [6, 6.07) is 10.8. The molecule has 0 atom stereocenters. The molecule has 1 fully saturated rings. The molecule has 3 N–H and O–H groups in total. The number of fused-ring (bicyclic) bond motifs is 3. The Balaban J connectivity index is 1.80. The Morgan fingerprint density at radius 1 is 1.15 bits per heavy atom. The molecule has 0 saturated heterocycles. The van der Waals surface area contributed by atoms with E-state index >= 15 is 0 Å². The number of hydrogen-bond donors (Lipinski definition) is 2. The average molecular weight is 375 g/mol. The molecule has 3 heterocycles. The van der Waals surface area contributed by atoms with Crippen molar-refractivity contribution in [3.05, 3.63) is 63.0 Å². The lowest BCUT2D eigenvalue weighted by molar-refractivity contribution is 0.705. The number of nitrogens with zero attached hydrogens (tertiary/aromatic N) is 1. The summed E-state index contributed by atoms with van der Waals surface area (Å²) >= 11 is 1.48. The molecule has 1 aliphatic carbocycles. The number of hydrogen-bond acceptors (Lipinski definition) is 4. The van der Waals surface area contributed by atoms with E-state index in [0.29, 0.717) is 6.54 Å². The number of nitrogens with two attached hydrogens (primary N) is 1. The van der Waals surface area contributed by atoms with Crippen LogP contribution >= 0.6 is 11.3 Å². The van der Waals surface area contributed by atoms with Gasteiger partial charge in [-0.05, 0) is 49.3 Å². The highest BCUT2D eigenvalue weighted by Crippen LogP contribution is 2.47. The molecule has 4 nitrogen and oxygen atoms in total. The van der Waals surface area contributed by atoms with E-state index in [9.17, 15) is 4.79 Å². The fourth-order valence-corrected chi connectivity index (χ4v) is 5.03. The largest absolute Gasteiger partial charge is 0.330 e. The number of nitrogens with one attached hydrogen (secondary N) is 1. The topological polar surface area (TPSA) is 71.8 Å². The number of aromatic nitrogens is 2. The monoisotopic (exact) mass is 375 g/mol. The number of aryl methyl sites for hydroxylation is 2.